The number of fused-ring (bicyclic) bond motifs is 4. The van der Waals surface area contributed by atoms with Crippen LogP contribution in [0.25, 0.3) is 0 Å². The number of ether oxygens (including phenoxy) is 1. The maximum absolute atomic E-state index is 13.1. The molecule has 0 saturated carbocycles. The van der Waals surface area contributed by atoms with E-state index >= 15 is 0 Å². The summed E-state index contributed by atoms with van der Waals surface area (Å²) in [5, 5.41) is 9.77. The average Bonchev–Trinajstić information content (AvgIpc) is 2.61. The Hall–Kier alpha value is -2.30. The van der Waals surface area contributed by atoms with Crippen LogP contribution in [-0.4, -0.2) is 34.2 Å². The number of piperidine rings is 1. The molecule has 2 heterocycles. The minimum Gasteiger partial charge on any atom is -0.481 e. The molecule has 0 radical (unpaired) electrons. The molecule has 138 valence electrons. The molecule has 1 N–H and O–H groups in total. The molecule has 2 aliphatic heterocycles. The molecular formula is C21H25NO4. The topological polar surface area (TPSA) is 66.8 Å². The van der Waals surface area contributed by atoms with Gasteiger partial charge in [-0.25, -0.2) is 0 Å². The SMILES string of the molecule is CC12CC(c3ccccc3O1)C(C(=O)O)C(=O)N2CCC1=CCCCC1. The first-order valence-electron chi connectivity index (χ1n) is 9.50. The minimum atomic E-state index is -1.04. The third-order valence-electron chi connectivity index (χ3n) is 6.06. The predicted molar refractivity (Wildman–Crippen MR) is 96.8 cm³/mol. The molecule has 1 aromatic rings. The van der Waals surface area contributed by atoms with E-state index in [0.717, 1.165) is 24.8 Å². The van der Waals surface area contributed by atoms with Crippen LogP contribution >= 0.6 is 0 Å². The number of hydrogen-bond acceptors (Lipinski definition) is 3. The number of carboxylic acids is 1. The van der Waals surface area contributed by atoms with Gasteiger partial charge in [0.2, 0.25) is 5.91 Å². The second-order valence-electron chi connectivity index (χ2n) is 7.79. The highest BCUT2D eigenvalue weighted by molar-refractivity contribution is 5.99. The number of hydrogen-bond donors (Lipinski definition) is 1. The van der Waals surface area contributed by atoms with E-state index in [0.29, 0.717) is 18.7 Å². The molecule has 0 aromatic heterocycles. The quantitative estimate of drug-likeness (QED) is 0.660. The predicted octanol–water partition coefficient (Wildman–Crippen LogP) is 3.70. The van der Waals surface area contributed by atoms with E-state index in [1.165, 1.54) is 18.4 Å². The van der Waals surface area contributed by atoms with Crippen LogP contribution in [0.3, 0.4) is 0 Å². The summed E-state index contributed by atoms with van der Waals surface area (Å²) in [6, 6.07) is 7.51. The molecular weight excluding hydrogens is 330 g/mol. The fourth-order valence-electron chi connectivity index (χ4n) is 4.72. The largest absolute Gasteiger partial charge is 0.481 e. The molecule has 3 atom stereocenters. The lowest BCUT2D eigenvalue weighted by Gasteiger charge is -2.52. The van der Waals surface area contributed by atoms with Crippen LogP contribution in [-0.2, 0) is 9.59 Å². The van der Waals surface area contributed by atoms with E-state index in [1.807, 2.05) is 31.2 Å². The van der Waals surface area contributed by atoms with Gasteiger partial charge in [-0.15, -0.1) is 0 Å². The van der Waals surface area contributed by atoms with Gasteiger partial charge in [0.1, 0.15) is 11.7 Å². The molecule has 2 bridgehead atoms. The van der Waals surface area contributed by atoms with E-state index < -0.39 is 17.6 Å². The number of carboxylic acid groups (broad SMARTS) is 1. The Morgan fingerprint density at radius 1 is 1.35 bits per heavy atom. The van der Waals surface area contributed by atoms with Gasteiger partial charge in [0.25, 0.3) is 0 Å². The van der Waals surface area contributed by atoms with Gasteiger partial charge in [0, 0.05) is 18.9 Å². The number of amides is 1. The van der Waals surface area contributed by atoms with Crippen molar-refractivity contribution in [2.75, 3.05) is 6.54 Å². The number of carbonyl (C=O) groups excluding carboxylic acids is 1. The molecule has 1 amide bonds. The van der Waals surface area contributed by atoms with Gasteiger partial charge in [-0.3, -0.25) is 9.59 Å². The van der Waals surface area contributed by atoms with Crippen molar-refractivity contribution >= 4 is 11.9 Å². The molecule has 5 heteroatoms. The summed E-state index contributed by atoms with van der Waals surface area (Å²) >= 11 is 0. The van der Waals surface area contributed by atoms with E-state index in [4.69, 9.17) is 4.74 Å². The van der Waals surface area contributed by atoms with Crippen molar-refractivity contribution in [3.63, 3.8) is 0 Å². The molecule has 3 unspecified atom stereocenters. The number of aliphatic carboxylic acids is 1. The number of likely N-dealkylation sites (tertiary alicyclic amines) is 1. The van der Waals surface area contributed by atoms with Crippen molar-refractivity contribution in [1.29, 1.82) is 0 Å². The van der Waals surface area contributed by atoms with Crippen LogP contribution in [0.5, 0.6) is 5.75 Å². The number of rotatable bonds is 4. The monoisotopic (exact) mass is 355 g/mol. The van der Waals surface area contributed by atoms with Crippen molar-refractivity contribution in [1.82, 2.24) is 4.90 Å². The van der Waals surface area contributed by atoms with Gasteiger partial charge < -0.3 is 14.7 Å². The van der Waals surface area contributed by atoms with Crippen LogP contribution in [0.2, 0.25) is 0 Å². The summed E-state index contributed by atoms with van der Waals surface area (Å²) < 4.78 is 6.23. The van der Waals surface area contributed by atoms with E-state index in [1.54, 1.807) is 4.90 Å². The average molecular weight is 355 g/mol. The molecule has 0 spiro atoms. The minimum absolute atomic E-state index is 0.317. The lowest BCUT2D eigenvalue weighted by molar-refractivity contribution is -0.180. The Morgan fingerprint density at radius 3 is 2.88 bits per heavy atom. The van der Waals surface area contributed by atoms with E-state index in [2.05, 4.69) is 6.08 Å². The first-order chi connectivity index (χ1) is 12.5. The van der Waals surface area contributed by atoms with Crippen LogP contribution in [0.4, 0.5) is 0 Å². The number of nitrogens with zero attached hydrogens (tertiary/aromatic N) is 1. The number of allylic oxidation sites excluding steroid dienone is 1. The van der Waals surface area contributed by atoms with Crippen LogP contribution in [0, 0.1) is 5.92 Å². The maximum Gasteiger partial charge on any atom is 0.316 e. The lowest BCUT2D eigenvalue weighted by atomic mass is 9.73. The van der Waals surface area contributed by atoms with Crippen LogP contribution in [0.1, 0.15) is 56.9 Å². The summed E-state index contributed by atoms with van der Waals surface area (Å²) in [7, 11) is 0. The molecule has 5 nitrogen and oxygen atoms in total. The summed E-state index contributed by atoms with van der Waals surface area (Å²) in [5.41, 5.74) is 1.43. The molecule has 3 aliphatic rings. The Morgan fingerprint density at radius 2 is 2.15 bits per heavy atom. The molecule has 1 saturated heterocycles. The zero-order valence-electron chi connectivity index (χ0n) is 15.1. The number of carbonyl (C=O) groups is 2. The summed E-state index contributed by atoms with van der Waals surface area (Å²) in [6.07, 6.45) is 8.19. The maximum atomic E-state index is 13.1. The van der Waals surface area contributed by atoms with Gasteiger partial charge >= 0.3 is 5.97 Å². The Labute approximate surface area is 153 Å². The van der Waals surface area contributed by atoms with Crippen molar-refractivity contribution < 1.29 is 19.4 Å². The fraction of sp³-hybridized carbons (Fsp3) is 0.524. The number of benzene rings is 1. The zero-order chi connectivity index (χ0) is 18.3. The van der Waals surface area contributed by atoms with Gasteiger partial charge in [0.15, 0.2) is 5.72 Å². The summed E-state index contributed by atoms with van der Waals surface area (Å²) in [5.74, 6) is -2.02. The highest BCUT2D eigenvalue weighted by Crippen LogP contribution is 2.50. The summed E-state index contributed by atoms with van der Waals surface area (Å²) in [4.78, 5) is 26.7. The van der Waals surface area contributed by atoms with Crippen LogP contribution in [0.15, 0.2) is 35.9 Å². The second kappa shape index (κ2) is 6.45. The van der Waals surface area contributed by atoms with Crippen molar-refractivity contribution in [2.24, 2.45) is 5.92 Å². The van der Waals surface area contributed by atoms with Crippen molar-refractivity contribution in [3.05, 3.63) is 41.5 Å². The van der Waals surface area contributed by atoms with Crippen molar-refractivity contribution in [2.45, 2.75) is 57.1 Å². The third kappa shape index (κ3) is 2.79. The number of para-hydroxylation sites is 1. The van der Waals surface area contributed by atoms with Gasteiger partial charge in [-0.2, -0.15) is 0 Å². The molecule has 26 heavy (non-hydrogen) atoms. The first kappa shape index (κ1) is 17.1. The third-order valence-corrected chi connectivity index (χ3v) is 6.06. The smallest absolute Gasteiger partial charge is 0.316 e. The fourth-order valence-corrected chi connectivity index (χ4v) is 4.72. The van der Waals surface area contributed by atoms with Gasteiger partial charge in [-0.05, 0) is 50.7 Å². The highest BCUT2D eigenvalue weighted by atomic mass is 16.5. The second-order valence-corrected chi connectivity index (χ2v) is 7.79. The van der Waals surface area contributed by atoms with Crippen LogP contribution < -0.4 is 4.74 Å². The standard InChI is InChI=1S/C21H25NO4/c1-21-13-16(15-9-5-6-10-17(15)26-21)18(20(24)25)19(23)22(21)12-11-14-7-3-2-4-8-14/h5-7,9-10,16,18H,2-4,8,11-13H2,1H3,(H,24,25). The molecule has 1 aromatic carbocycles. The summed E-state index contributed by atoms with van der Waals surface area (Å²) in [6.45, 7) is 2.43. The van der Waals surface area contributed by atoms with Gasteiger partial charge in [-0.1, -0.05) is 29.8 Å². The van der Waals surface area contributed by atoms with E-state index in [-0.39, 0.29) is 11.8 Å². The van der Waals surface area contributed by atoms with Crippen molar-refractivity contribution in [3.8, 4) is 5.75 Å². The Balaban J connectivity index is 1.66. The van der Waals surface area contributed by atoms with Gasteiger partial charge in [0.05, 0.1) is 0 Å². The Bertz CT molecular complexity index is 771. The molecule has 4 rings (SSSR count). The molecule has 1 aliphatic carbocycles. The normalized spacial score (nSPS) is 30.3. The molecule has 1 fully saturated rings. The van der Waals surface area contributed by atoms with E-state index in [9.17, 15) is 14.7 Å². The first-order valence-corrected chi connectivity index (χ1v) is 9.50. The highest BCUT2D eigenvalue weighted by Gasteiger charge is 2.56. The lowest BCUT2D eigenvalue weighted by Crippen LogP contribution is -2.64. The Kier molecular flexibility index (Phi) is 4.25. The zero-order valence-corrected chi connectivity index (χ0v) is 15.1.